The maximum atomic E-state index is 12.1. The van der Waals surface area contributed by atoms with Gasteiger partial charge in [-0.1, -0.05) is 0 Å². The molecule has 1 aromatic rings. The Balaban J connectivity index is 1.89. The van der Waals surface area contributed by atoms with Crippen LogP contribution in [0, 0.1) is 0 Å². The summed E-state index contributed by atoms with van der Waals surface area (Å²) in [7, 11) is 3.37. The van der Waals surface area contributed by atoms with E-state index in [0.29, 0.717) is 25.2 Å². The number of thiophene rings is 1. The van der Waals surface area contributed by atoms with Gasteiger partial charge in [-0.2, -0.15) is 11.3 Å². The Morgan fingerprint density at radius 1 is 1.52 bits per heavy atom. The van der Waals surface area contributed by atoms with Crippen molar-refractivity contribution in [1.29, 1.82) is 0 Å². The highest BCUT2D eigenvalue weighted by Gasteiger charge is 2.29. The molecular formula is C14H20N2O4S. The van der Waals surface area contributed by atoms with Crippen LogP contribution < -0.4 is 5.32 Å². The molecule has 21 heavy (non-hydrogen) atoms. The molecule has 0 aromatic carbocycles. The summed E-state index contributed by atoms with van der Waals surface area (Å²) in [5.74, 6) is -0.233. The van der Waals surface area contributed by atoms with E-state index < -0.39 is 0 Å². The Morgan fingerprint density at radius 2 is 2.33 bits per heavy atom. The lowest BCUT2D eigenvalue weighted by Gasteiger charge is -2.32. The fourth-order valence-corrected chi connectivity index (χ4v) is 2.64. The van der Waals surface area contributed by atoms with Crippen LogP contribution in [-0.4, -0.2) is 62.8 Å². The SMILES string of the molecule is CN(C)C(=O)CO[C@@H]1CCOC[C@@H]1NC(=O)c1ccsc1. The van der Waals surface area contributed by atoms with Gasteiger partial charge in [0, 0.05) is 31.6 Å². The highest BCUT2D eigenvalue weighted by atomic mass is 32.1. The predicted molar refractivity (Wildman–Crippen MR) is 79.4 cm³/mol. The van der Waals surface area contributed by atoms with Gasteiger partial charge in [-0.15, -0.1) is 0 Å². The molecule has 1 fully saturated rings. The fourth-order valence-electron chi connectivity index (χ4n) is 2.01. The van der Waals surface area contributed by atoms with Crippen molar-refractivity contribution >= 4 is 23.2 Å². The average molecular weight is 312 g/mol. The van der Waals surface area contributed by atoms with Crippen LogP contribution in [0.2, 0.25) is 0 Å². The molecule has 2 heterocycles. The Kier molecular flexibility index (Phi) is 5.72. The first-order valence-corrected chi connectivity index (χ1v) is 7.74. The first-order valence-electron chi connectivity index (χ1n) is 6.80. The van der Waals surface area contributed by atoms with Crippen LogP contribution in [0.5, 0.6) is 0 Å². The molecule has 1 aromatic heterocycles. The molecule has 2 rings (SSSR count). The molecule has 1 aliphatic rings. The summed E-state index contributed by atoms with van der Waals surface area (Å²) >= 11 is 1.47. The molecule has 1 saturated heterocycles. The van der Waals surface area contributed by atoms with E-state index in [1.807, 2.05) is 5.38 Å². The smallest absolute Gasteiger partial charge is 0.252 e. The molecule has 116 valence electrons. The van der Waals surface area contributed by atoms with Gasteiger partial charge >= 0.3 is 0 Å². The van der Waals surface area contributed by atoms with E-state index in [-0.39, 0.29) is 30.6 Å². The third-order valence-electron chi connectivity index (χ3n) is 3.31. The van der Waals surface area contributed by atoms with Gasteiger partial charge in [0.25, 0.3) is 5.91 Å². The van der Waals surface area contributed by atoms with Crippen LogP contribution >= 0.6 is 11.3 Å². The molecule has 7 heteroatoms. The largest absolute Gasteiger partial charge is 0.379 e. The molecule has 2 atom stereocenters. The zero-order valence-corrected chi connectivity index (χ0v) is 13.0. The second-order valence-electron chi connectivity index (χ2n) is 5.09. The lowest BCUT2D eigenvalue weighted by molar-refractivity contribution is -0.138. The van der Waals surface area contributed by atoms with Gasteiger partial charge in [-0.25, -0.2) is 0 Å². The van der Waals surface area contributed by atoms with Crippen LogP contribution in [0.1, 0.15) is 16.8 Å². The van der Waals surface area contributed by atoms with Gasteiger partial charge < -0.3 is 19.7 Å². The molecule has 0 unspecified atom stereocenters. The van der Waals surface area contributed by atoms with Crippen molar-refractivity contribution in [2.24, 2.45) is 0 Å². The maximum Gasteiger partial charge on any atom is 0.252 e. The van der Waals surface area contributed by atoms with E-state index in [2.05, 4.69) is 5.32 Å². The second kappa shape index (κ2) is 7.53. The predicted octanol–water partition coefficient (Wildman–Crippen LogP) is 0.740. The minimum Gasteiger partial charge on any atom is -0.379 e. The van der Waals surface area contributed by atoms with Crippen LogP contribution in [0.4, 0.5) is 0 Å². The Morgan fingerprint density at radius 3 is 3.00 bits per heavy atom. The summed E-state index contributed by atoms with van der Waals surface area (Å²) in [5.41, 5.74) is 0.633. The van der Waals surface area contributed by atoms with Gasteiger partial charge in [0.05, 0.1) is 18.8 Å². The number of likely N-dealkylation sites (N-methyl/N-ethyl adjacent to an activating group) is 1. The molecular weight excluding hydrogens is 292 g/mol. The number of amides is 2. The Bertz CT molecular complexity index is 475. The summed E-state index contributed by atoms with van der Waals surface area (Å²) in [6, 6.07) is 1.54. The van der Waals surface area contributed by atoms with E-state index >= 15 is 0 Å². The van der Waals surface area contributed by atoms with Gasteiger partial charge in [-0.3, -0.25) is 9.59 Å². The molecule has 2 amide bonds. The number of rotatable bonds is 5. The van der Waals surface area contributed by atoms with Gasteiger partial charge in [0.2, 0.25) is 5.91 Å². The van der Waals surface area contributed by atoms with Crippen molar-refractivity contribution in [3.63, 3.8) is 0 Å². The Hall–Kier alpha value is -1.44. The van der Waals surface area contributed by atoms with Gasteiger partial charge in [0.15, 0.2) is 0 Å². The summed E-state index contributed by atoms with van der Waals surface area (Å²) in [6.07, 6.45) is 0.459. The van der Waals surface area contributed by atoms with E-state index in [4.69, 9.17) is 9.47 Å². The van der Waals surface area contributed by atoms with Crippen molar-refractivity contribution in [3.8, 4) is 0 Å². The fraction of sp³-hybridized carbons (Fsp3) is 0.571. The molecule has 6 nitrogen and oxygen atoms in total. The zero-order chi connectivity index (χ0) is 15.2. The minimum atomic E-state index is -0.235. The summed E-state index contributed by atoms with van der Waals surface area (Å²) in [5, 5.41) is 6.57. The monoisotopic (exact) mass is 312 g/mol. The van der Waals surface area contributed by atoms with E-state index in [9.17, 15) is 9.59 Å². The normalized spacial score (nSPS) is 21.8. The zero-order valence-electron chi connectivity index (χ0n) is 12.2. The van der Waals surface area contributed by atoms with Crippen molar-refractivity contribution in [2.45, 2.75) is 18.6 Å². The van der Waals surface area contributed by atoms with Crippen LogP contribution in [0.25, 0.3) is 0 Å². The first kappa shape index (κ1) is 15.9. The maximum absolute atomic E-state index is 12.1. The third kappa shape index (κ3) is 4.52. The van der Waals surface area contributed by atoms with E-state index in [1.165, 1.54) is 16.2 Å². The third-order valence-corrected chi connectivity index (χ3v) is 4.00. The average Bonchev–Trinajstić information content (AvgIpc) is 3.00. The summed E-state index contributed by atoms with van der Waals surface area (Å²) < 4.78 is 11.1. The molecule has 0 bridgehead atoms. The van der Waals surface area contributed by atoms with Crippen LogP contribution in [-0.2, 0) is 14.3 Å². The number of ether oxygens (including phenoxy) is 2. The molecule has 0 saturated carbocycles. The second-order valence-corrected chi connectivity index (χ2v) is 5.87. The van der Waals surface area contributed by atoms with Crippen molar-refractivity contribution in [1.82, 2.24) is 10.2 Å². The minimum absolute atomic E-state index is 0.0164. The first-order chi connectivity index (χ1) is 10.1. The van der Waals surface area contributed by atoms with Crippen molar-refractivity contribution in [2.75, 3.05) is 33.9 Å². The number of hydrogen-bond donors (Lipinski definition) is 1. The topological polar surface area (TPSA) is 67.9 Å². The van der Waals surface area contributed by atoms with Crippen molar-refractivity contribution in [3.05, 3.63) is 22.4 Å². The number of nitrogens with one attached hydrogen (secondary N) is 1. The van der Waals surface area contributed by atoms with E-state index in [0.717, 1.165) is 0 Å². The molecule has 1 aliphatic heterocycles. The lowest BCUT2D eigenvalue weighted by atomic mass is 10.1. The molecule has 1 N–H and O–H groups in total. The van der Waals surface area contributed by atoms with Crippen LogP contribution in [0.15, 0.2) is 16.8 Å². The quantitative estimate of drug-likeness (QED) is 0.871. The molecule has 0 spiro atoms. The highest BCUT2D eigenvalue weighted by molar-refractivity contribution is 7.08. The van der Waals surface area contributed by atoms with Crippen molar-refractivity contribution < 1.29 is 19.1 Å². The lowest BCUT2D eigenvalue weighted by Crippen LogP contribution is -2.51. The Labute approximate surface area is 128 Å². The highest BCUT2D eigenvalue weighted by Crippen LogP contribution is 2.14. The number of carbonyl (C=O) groups is 2. The molecule has 0 aliphatic carbocycles. The van der Waals surface area contributed by atoms with Gasteiger partial charge in [0.1, 0.15) is 6.61 Å². The number of carbonyl (C=O) groups excluding carboxylic acids is 2. The van der Waals surface area contributed by atoms with Gasteiger partial charge in [-0.05, 0) is 17.9 Å². The van der Waals surface area contributed by atoms with Crippen LogP contribution in [0.3, 0.4) is 0 Å². The summed E-state index contributed by atoms with van der Waals surface area (Å²) in [6.45, 7) is 0.991. The number of nitrogens with zero attached hydrogens (tertiary/aromatic N) is 1. The summed E-state index contributed by atoms with van der Waals surface area (Å²) in [4.78, 5) is 25.1. The standard InChI is InChI=1S/C14H20N2O4S/c1-16(2)13(17)8-20-12-3-5-19-7-11(12)15-14(18)10-4-6-21-9-10/h4,6,9,11-12H,3,5,7-8H2,1-2H3,(H,15,18)/t11-,12+/m0/s1. The number of hydrogen-bond acceptors (Lipinski definition) is 5. The molecule has 0 radical (unpaired) electrons. The van der Waals surface area contributed by atoms with E-state index in [1.54, 1.807) is 25.5 Å².